The number of likely N-dealkylation sites (N-methyl/N-ethyl adjacent to an activating group) is 1. The van der Waals surface area contributed by atoms with Crippen LogP contribution in [0, 0.1) is 0 Å². The first-order valence-corrected chi connectivity index (χ1v) is 11.1. The second kappa shape index (κ2) is 10.5. The summed E-state index contributed by atoms with van der Waals surface area (Å²) >= 11 is 5.96. The number of hydrogen-bond acceptors (Lipinski definition) is 5. The predicted molar refractivity (Wildman–Crippen MR) is 115 cm³/mol. The number of halogens is 1. The van der Waals surface area contributed by atoms with Crippen LogP contribution in [0.3, 0.4) is 0 Å². The molecule has 0 atom stereocenters. The van der Waals surface area contributed by atoms with Crippen LogP contribution in [0.1, 0.15) is 24.2 Å². The average Bonchev–Trinajstić information content (AvgIpc) is 2.71. The predicted octanol–water partition coefficient (Wildman–Crippen LogP) is 3.22. The van der Waals surface area contributed by atoms with Gasteiger partial charge in [-0.15, -0.1) is 0 Å². The molecule has 0 bridgehead atoms. The Morgan fingerprint density at radius 3 is 2.52 bits per heavy atom. The van der Waals surface area contributed by atoms with Crippen LogP contribution in [0.25, 0.3) is 0 Å². The van der Waals surface area contributed by atoms with Gasteiger partial charge in [0.1, 0.15) is 5.75 Å². The Hall–Kier alpha value is -2.29. The molecule has 0 radical (unpaired) electrons. The summed E-state index contributed by atoms with van der Waals surface area (Å²) in [5, 5.41) is 3.18. The Labute approximate surface area is 177 Å². The molecule has 1 amide bonds. The van der Waals surface area contributed by atoms with Crippen LogP contribution in [-0.2, 0) is 10.0 Å². The third-order valence-corrected chi connectivity index (χ3v) is 6.02. The van der Waals surface area contributed by atoms with E-state index in [0.717, 1.165) is 19.6 Å². The van der Waals surface area contributed by atoms with Crippen LogP contribution >= 0.6 is 11.6 Å². The largest absolute Gasteiger partial charge is 0.495 e. The lowest BCUT2D eigenvalue weighted by atomic mass is 10.2. The van der Waals surface area contributed by atoms with Crippen LogP contribution in [-0.4, -0.2) is 52.5 Å². The van der Waals surface area contributed by atoms with Gasteiger partial charge in [0.2, 0.25) is 0 Å². The van der Waals surface area contributed by atoms with Gasteiger partial charge in [0.05, 0.1) is 17.7 Å². The zero-order valence-electron chi connectivity index (χ0n) is 16.7. The molecule has 2 aromatic rings. The quantitative estimate of drug-likeness (QED) is 0.593. The maximum atomic E-state index is 12.8. The van der Waals surface area contributed by atoms with Crippen molar-refractivity contribution in [1.82, 2.24) is 10.2 Å². The lowest BCUT2D eigenvalue weighted by Gasteiger charge is -2.18. The minimum Gasteiger partial charge on any atom is -0.495 e. The highest BCUT2D eigenvalue weighted by Crippen LogP contribution is 2.29. The lowest BCUT2D eigenvalue weighted by Crippen LogP contribution is -2.34. The monoisotopic (exact) mass is 439 g/mol. The molecule has 2 N–H and O–H groups in total. The van der Waals surface area contributed by atoms with Crippen molar-refractivity contribution < 1.29 is 17.9 Å². The SMILES string of the molecule is CCN(CC)CCNC(=O)c1cccc(S(=O)(=O)Nc2cc(Cl)ccc2OC)c1. The van der Waals surface area contributed by atoms with Gasteiger partial charge in [-0.3, -0.25) is 9.52 Å². The van der Waals surface area contributed by atoms with Crippen LogP contribution < -0.4 is 14.8 Å². The summed E-state index contributed by atoms with van der Waals surface area (Å²) in [5.41, 5.74) is 0.486. The Balaban J connectivity index is 2.15. The maximum Gasteiger partial charge on any atom is 0.262 e. The van der Waals surface area contributed by atoms with E-state index in [0.29, 0.717) is 17.3 Å². The molecule has 0 fully saturated rings. The van der Waals surface area contributed by atoms with Crippen LogP contribution in [0.5, 0.6) is 5.75 Å². The molecule has 0 aliphatic heterocycles. The van der Waals surface area contributed by atoms with Crippen molar-refractivity contribution in [3.8, 4) is 5.75 Å². The summed E-state index contributed by atoms with van der Waals surface area (Å²) in [6.45, 7) is 7.13. The van der Waals surface area contributed by atoms with Crippen LogP contribution in [0.4, 0.5) is 5.69 Å². The van der Waals surface area contributed by atoms with E-state index in [9.17, 15) is 13.2 Å². The normalized spacial score (nSPS) is 11.3. The van der Waals surface area contributed by atoms with Gasteiger partial charge in [0, 0.05) is 23.7 Å². The second-order valence-electron chi connectivity index (χ2n) is 6.26. The highest BCUT2D eigenvalue weighted by atomic mass is 35.5. The van der Waals surface area contributed by atoms with Crippen molar-refractivity contribution >= 4 is 33.2 Å². The molecular formula is C20H26ClN3O4S. The van der Waals surface area contributed by atoms with E-state index >= 15 is 0 Å². The number of methoxy groups -OCH3 is 1. The average molecular weight is 440 g/mol. The van der Waals surface area contributed by atoms with Gasteiger partial charge in [0.15, 0.2) is 0 Å². The summed E-state index contributed by atoms with van der Waals surface area (Å²) in [6.07, 6.45) is 0. The summed E-state index contributed by atoms with van der Waals surface area (Å²) in [6, 6.07) is 10.5. The molecular weight excluding hydrogens is 414 g/mol. The number of anilines is 1. The molecule has 9 heteroatoms. The van der Waals surface area contributed by atoms with Gasteiger partial charge < -0.3 is 15.0 Å². The third-order valence-electron chi connectivity index (χ3n) is 4.42. The van der Waals surface area contributed by atoms with Crippen molar-refractivity contribution in [3.63, 3.8) is 0 Å². The summed E-state index contributed by atoms with van der Waals surface area (Å²) in [5.74, 6) is 0.0119. The minimum absolute atomic E-state index is 0.0316. The first-order chi connectivity index (χ1) is 13.8. The fourth-order valence-corrected chi connectivity index (χ4v) is 4.02. The third kappa shape index (κ3) is 6.35. The number of amides is 1. The molecule has 0 aliphatic carbocycles. The smallest absolute Gasteiger partial charge is 0.262 e. The molecule has 2 rings (SSSR count). The van der Waals surface area contributed by atoms with E-state index in [4.69, 9.17) is 16.3 Å². The Morgan fingerprint density at radius 2 is 1.86 bits per heavy atom. The van der Waals surface area contributed by atoms with Crippen molar-refractivity contribution in [2.24, 2.45) is 0 Å². The molecule has 0 saturated carbocycles. The van der Waals surface area contributed by atoms with E-state index in [1.807, 2.05) is 0 Å². The standard InChI is InChI=1S/C20H26ClN3O4S/c1-4-24(5-2)12-11-22-20(25)15-7-6-8-17(13-15)29(26,27)23-18-14-16(21)9-10-19(18)28-3/h6-10,13-14,23H,4-5,11-12H2,1-3H3,(H,22,25). The van der Waals surface area contributed by atoms with Crippen molar-refractivity contribution in [1.29, 1.82) is 0 Å². The molecule has 0 spiro atoms. The number of benzene rings is 2. The van der Waals surface area contributed by atoms with Gasteiger partial charge in [-0.1, -0.05) is 31.5 Å². The summed E-state index contributed by atoms with van der Waals surface area (Å²) in [7, 11) is -2.50. The fourth-order valence-electron chi connectivity index (χ4n) is 2.74. The van der Waals surface area contributed by atoms with Crippen molar-refractivity contribution in [3.05, 3.63) is 53.1 Å². The number of sulfonamides is 1. The molecule has 29 heavy (non-hydrogen) atoms. The van der Waals surface area contributed by atoms with Gasteiger partial charge in [-0.25, -0.2) is 8.42 Å². The first-order valence-electron chi connectivity index (χ1n) is 9.27. The molecule has 0 heterocycles. The molecule has 2 aromatic carbocycles. The maximum absolute atomic E-state index is 12.8. The number of nitrogens with zero attached hydrogens (tertiary/aromatic N) is 1. The van der Waals surface area contributed by atoms with Gasteiger partial charge >= 0.3 is 0 Å². The molecule has 0 aromatic heterocycles. The topological polar surface area (TPSA) is 87.7 Å². The number of carbonyl (C=O) groups is 1. The van der Waals surface area contributed by atoms with E-state index in [2.05, 4.69) is 28.8 Å². The number of carbonyl (C=O) groups excluding carboxylic acids is 1. The molecule has 0 aliphatic rings. The lowest BCUT2D eigenvalue weighted by molar-refractivity contribution is 0.0948. The number of nitrogens with one attached hydrogen (secondary N) is 2. The number of ether oxygens (including phenoxy) is 1. The fraction of sp³-hybridized carbons (Fsp3) is 0.350. The van der Waals surface area contributed by atoms with E-state index in [1.54, 1.807) is 18.2 Å². The highest BCUT2D eigenvalue weighted by molar-refractivity contribution is 7.92. The molecule has 158 valence electrons. The summed E-state index contributed by atoms with van der Waals surface area (Å²) < 4.78 is 33.2. The van der Waals surface area contributed by atoms with Gasteiger partial charge in [-0.2, -0.15) is 0 Å². The van der Waals surface area contributed by atoms with Gasteiger partial charge in [0.25, 0.3) is 15.9 Å². The summed E-state index contributed by atoms with van der Waals surface area (Å²) in [4.78, 5) is 14.6. The van der Waals surface area contributed by atoms with E-state index in [-0.39, 0.29) is 22.1 Å². The highest BCUT2D eigenvalue weighted by Gasteiger charge is 2.18. The van der Waals surface area contributed by atoms with E-state index in [1.165, 1.54) is 31.4 Å². The zero-order valence-corrected chi connectivity index (χ0v) is 18.3. The first kappa shape index (κ1) is 23.0. The van der Waals surface area contributed by atoms with Crippen molar-refractivity contribution in [2.45, 2.75) is 18.7 Å². The number of rotatable bonds is 10. The molecule has 7 nitrogen and oxygen atoms in total. The zero-order chi connectivity index (χ0) is 21.4. The van der Waals surface area contributed by atoms with Crippen LogP contribution in [0.2, 0.25) is 5.02 Å². The number of hydrogen-bond donors (Lipinski definition) is 2. The Kier molecular flexibility index (Phi) is 8.31. The Bertz CT molecular complexity index is 946. The van der Waals surface area contributed by atoms with Crippen LogP contribution in [0.15, 0.2) is 47.4 Å². The molecule has 0 unspecified atom stereocenters. The molecule has 0 saturated heterocycles. The van der Waals surface area contributed by atoms with Crippen molar-refractivity contribution in [2.75, 3.05) is 38.0 Å². The van der Waals surface area contributed by atoms with Gasteiger partial charge in [-0.05, 0) is 49.5 Å². The second-order valence-corrected chi connectivity index (χ2v) is 8.38. The Morgan fingerprint density at radius 1 is 1.14 bits per heavy atom. The van der Waals surface area contributed by atoms with E-state index < -0.39 is 10.0 Å². The minimum atomic E-state index is -3.94.